The van der Waals surface area contributed by atoms with Gasteiger partial charge in [0.1, 0.15) is 11.0 Å². The largest absolute Gasteiger partial charge is 0.236 e. The minimum Gasteiger partial charge on any atom is -0.236 e. The zero-order valence-corrected chi connectivity index (χ0v) is 15.8. The Hall–Kier alpha value is -0.680. The van der Waals surface area contributed by atoms with Gasteiger partial charge in [-0.3, -0.25) is 0 Å². The molecule has 2 aromatic rings. The molecule has 2 rings (SSSR count). The smallest absolute Gasteiger partial charge is 0.146 e. The van der Waals surface area contributed by atoms with Crippen molar-refractivity contribution >= 4 is 34.2 Å². The zero-order chi connectivity index (χ0) is 15.6. The molecule has 0 spiro atoms. The summed E-state index contributed by atoms with van der Waals surface area (Å²) in [5.41, 5.74) is 4.89. The fourth-order valence-corrected chi connectivity index (χ4v) is 2.88. The number of aromatic nitrogens is 2. The van der Waals surface area contributed by atoms with Gasteiger partial charge in [-0.1, -0.05) is 43.6 Å². The predicted octanol–water partition coefficient (Wildman–Crippen LogP) is 5.14. The van der Waals surface area contributed by atoms with Gasteiger partial charge in [0.2, 0.25) is 0 Å². The summed E-state index contributed by atoms with van der Waals surface area (Å²) in [6.07, 6.45) is 1.66. The highest BCUT2D eigenvalue weighted by Crippen LogP contribution is 2.22. The molecule has 21 heavy (non-hydrogen) atoms. The summed E-state index contributed by atoms with van der Waals surface area (Å²) in [6, 6.07) is 6.49. The SMILES string of the molecule is Cc1ccc(Cc2nc(Cl)c(I)c(CC(C)C)n2)cc1C. The number of benzene rings is 1. The van der Waals surface area contributed by atoms with Gasteiger partial charge in [-0.05, 0) is 65.5 Å². The fraction of sp³-hybridized carbons (Fsp3) is 0.412. The van der Waals surface area contributed by atoms with Crippen LogP contribution in [0, 0.1) is 23.3 Å². The number of rotatable bonds is 4. The van der Waals surface area contributed by atoms with E-state index in [1.807, 2.05) is 0 Å². The topological polar surface area (TPSA) is 25.8 Å². The molecule has 1 aromatic heterocycles. The predicted molar refractivity (Wildman–Crippen MR) is 97.0 cm³/mol. The van der Waals surface area contributed by atoms with Crippen LogP contribution in [0.3, 0.4) is 0 Å². The minimum atomic E-state index is 0.555. The zero-order valence-electron chi connectivity index (χ0n) is 12.9. The van der Waals surface area contributed by atoms with Crippen molar-refractivity contribution in [1.82, 2.24) is 9.97 Å². The van der Waals surface area contributed by atoms with Gasteiger partial charge in [0, 0.05) is 6.42 Å². The first-order valence-electron chi connectivity index (χ1n) is 7.13. The molecule has 0 aliphatic rings. The summed E-state index contributed by atoms with van der Waals surface area (Å²) in [7, 11) is 0. The van der Waals surface area contributed by atoms with Crippen molar-refractivity contribution in [3.8, 4) is 0 Å². The van der Waals surface area contributed by atoms with Crippen LogP contribution in [0.25, 0.3) is 0 Å². The summed E-state index contributed by atoms with van der Waals surface area (Å²) in [4.78, 5) is 9.15. The molecule has 0 fully saturated rings. The van der Waals surface area contributed by atoms with Crippen LogP contribution in [0.4, 0.5) is 0 Å². The second kappa shape index (κ2) is 7.05. The Bertz CT molecular complexity index is 653. The van der Waals surface area contributed by atoms with Gasteiger partial charge in [0.15, 0.2) is 0 Å². The van der Waals surface area contributed by atoms with E-state index in [4.69, 9.17) is 16.6 Å². The average Bonchev–Trinajstić information content (AvgIpc) is 2.39. The molecule has 0 bridgehead atoms. The minimum absolute atomic E-state index is 0.555. The lowest BCUT2D eigenvalue weighted by Crippen LogP contribution is -2.07. The molecule has 4 heteroatoms. The summed E-state index contributed by atoms with van der Waals surface area (Å²) in [6.45, 7) is 8.63. The van der Waals surface area contributed by atoms with E-state index in [1.165, 1.54) is 16.7 Å². The second-order valence-corrected chi connectivity index (χ2v) is 7.32. The van der Waals surface area contributed by atoms with E-state index in [0.717, 1.165) is 27.9 Å². The highest BCUT2D eigenvalue weighted by Gasteiger charge is 2.12. The second-order valence-electron chi connectivity index (χ2n) is 5.88. The van der Waals surface area contributed by atoms with Gasteiger partial charge < -0.3 is 0 Å². The monoisotopic (exact) mass is 414 g/mol. The van der Waals surface area contributed by atoms with Crippen LogP contribution in [-0.4, -0.2) is 9.97 Å². The molecule has 0 aliphatic heterocycles. The van der Waals surface area contributed by atoms with Crippen molar-refractivity contribution in [2.24, 2.45) is 5.92 Å². The van der Waals surface area contributed by atoms with Gasteiger partial charge in [-0.2, -0.15) is 0 Å². The highest BCUT2D eigenvalue weighted by molar-refractivity contribution is 14.1. The maximum atomic E-state index is 6.27. The van der Waals surface area contributed by atoms with Crippen LogP contribution in [0.2, 0.25) is 5.15 Å². The van der Waals surface area contributed by atoms with Crippen molar-refractivity contribution in [2.45, 2.75) is 40.5 Å². The van der Waals surface area contributed by atoms with E-state index in [1.54, 1.807) is 0 Å². The Morgan fingerprint density at radius 1 is 1.14 bits per heavy atom. The summed E-state index contributed by atoms with van der Waals surface area (Å²) in [5.74, 6) is 1.36. The molecule has 0 radical (unpaired) electrons. The molecule has 1 aromatic carbocycles. The molecule has 2 nitrogen and oxygen atoms in total. The number of halogens is 2. The van der Waals surface area contributed by atoms with E-state index in [0.29, 0.717) is 11.1 Å². The van der Waals surface area contributed by atoms with Crippen molar-refractivity contribution in [2.75, 3.05) is 0 Å². The van der Waals surface area contributed by atoms with Gasteiger partial charge in [-0.15, -0.1) is 0 Å². The molecule has 0 amide bonds. The number of hydrogen-bond donors (Lipinski definition) is 0. The molecule has 0 aliphatic carbocycles. The molecular formula is C17H20ClIN2. The van der Waals surface area contributed by atoms with Crippen LogP contribution in [0.5, 0.6) is 0 Å². The first-order chi connectivity index (χ1) is 9.86. The van der Waals surface area contributed by atoms with Gasteiger partial charge in [-0.25, -0.2) is 9.97 Å². The standard InChI is InChI=1S/C17H20ClIN2/c1-10(2)7-14-16(19)17(18)21-15(20-14)9-13-6-5-11(3)12(4)8-13/h5-6,8,10H,7,9H2,1-4H3. The van der Waals surface area contributed by atoms with Crippen molar-refractivity contribution in [3.63, 3.8) is 0 Å². The fourth-order valence-electron chi connectivity index (χ4n) is 2.21. The van der Waals surface area contributed by atoms with Gasteiger partial charge in [0.25, 0.3) is 0 Å². The first-order valence-corrected chi connectivity index (χ1v) is 8.59. The van der Waals surface area contributed by atoms with Crippen LogP contribution < -0.4 is 0 Å². The van der Waals surface area contributed by atoms with E-state index in [9.17, 15) is 0 Å². The average molecular weight is 415 g/mol. The summed E-state index contributed by atoms with van der Waals surface area (Å²) >= 11 is 8.51. The molecule has 0 unspecified atom stereocenters. The lowest BCUT2D eigenvalue weighted by atomic mass is 10.0. The van der Waals surface area contributed by atoms with Gasteiger partial charge in [0.05, 0.1) is 9.26 Å². The van der Waals surface area contributed by atoms with Crippen LogP contribution >= 0.6 is 34.2 Å². The summed E-state index contributed by atoms with van der Waals surface area (Å²) < 4.78 is 0.979. The Morgan fingerprint density at radius 3 is 2.48 bits per heavy atom. The Morgan fingerprint density at radius 2 is 1.86 bits per heavy atom. The maximum Gasteiger partial charge on any atom is 0.146 e. The first kappa shape index (κ1) is 16.7. The molecule has 112 valence electrons. The number of aryl methyl sites for hydroxylation is 2. The normalized spacial score (nSPS) is 11.2. The molecule has 1 heterocycles. The number of hydrogen-bond acceptors (Lipinski definition) is 2. The Labute approximate surface area is 145 Å². The van der Waals surface area contributed by atoms with Crippen molar-refractivity contribution in [1.29, 1.82) is 0 Å². The lowest BCUT2D eigenvalue weighted by molar-refractivity contribution is 0.628. The van der Waals surface area contributed by atoms with E-state index in [-0.39, 0.29) is 0 Å². The van der Waals surface area contributed by atoms with E-state index >= 15 is 0 Å². The molecule has 0 N–H and O–H groups in total. The van der Waals surface area contributed by atoms with Crippen LogP contribution in [-0.2, 0) is 12.8 Å². The van der Waals surface area contributed by atoms with Crippen molar-refractivity contribution in [3.05, 3.63) is 55.1 Å². The van der Waals surface area contributed by atoms with E-state index in [2.05, 4.69) is 73.5 Å². The molecule has 0 atom stereocenters. The van der Waals surface area contributed by atoms with Crippen LogP contribution in [0.15, 0.2) is 18.2 Å². The van der Waals surface area contributed by atoms with Gasteiger partial charge >= 0.3 is 0 Å². The van der Waals surface area contributed by atoms with Crippen molar-refractivity contribution < 1.29 is 0 Å². The lowest BCUT2D eigenvalue weighted by Gasteiger charge is -2.11. The summed E-state index contributed by atoms with van der Waals surface area (Å²) in [5, 5.41) is 0.570. The Balaban J connectivity index is 2.31. The third-order valence-electron chi connectivity index (χ3n) is 3.46. The quantitative estimate of drug-likeness (QED) is 0.511. The molecule has 0 saturated carbocycles. The Kier molecular flexibility index (Phi) is 5.60. The molecular weight excluding hydrogens is 395 g/mol. The highest BCUT2D eigenvalue weighted by atomic mass is 127. The maximum absolute atomic E-state index is 6.27. The van der Waals surface area contributed by atoms with Crippen LogP contribution in [0.1, 0.15) is 42.1 Å². The third kappa shape index (κ3) is 4.39. The molecule has 0 saturated heterocycles. The van der Waals surface area contributed by atoms with E-state index < -0.39 is 0 Å². The number of nitrogens with zero attached hydrogens (tertiary/aromatic N) is 2. The third-order valence-corrected chi connectivity index (χ3v) is 5.19.